The zero-order chi connectivity index (χ0) is 12.1. The van der Waals surface area contributed by atoms with Crippen molar-refractivity contribution >= 4 is 23.1 Å². The number of hydrogen-bond acceptors (Lipinski definition) is 2. The molecule has 0 N–H and O–H groups in total. The van der Waals surface area contributed by atoms with Crippen molar-refractivity contribution in [2.24, 2.45) is 10.9 Å². The second-order valence-electron chi connectivity index (χ2n) is 4.92. The van der Waals surface area contributed by atoms with Gasteiger partial charge in [-0.15, -0.1) is 0 Å². The van der Waals surface area contributed by atoms with Gasteiger partial charge in [-0.05, 0) is 67.4 Å². The van der Waals surface area contributed by atoms with E-state index in [1.54, 1.807) is 0 Å². The monoisotopic (exact) mass is 245 g/mol. The number of isothiocyanates is 1. The molecule has 0 heterocycles. The molecule has 2 rings (SSSR count). The first-order valence-corrected chi connectivity index (χ1v) is 6.92. The quantitative estimate of drug-likeness (QED) is 0.533. The van der Waals surface area contributed by atoms with Gasteiger partial charge in [-0.25, -0.2) is 0 Å². The summed E-state index contributed by atoms with van der Waals surface area (Å²) < 4.78 is 0. The first-order valence-electron chi connectivity index (χ1n) is 6.51. The lowest BCUT2D eigenvalue weighted by atomic mass is 9.78. The highest BCUT2D eigenvalue weighted by Gasteiger charge is 2.20. The molecular weight excluding hydrogens is 226 g/mol. The number of rotatable bonds is 3. The molecule has 0 aliphatic heterocycles. The minimum atomic E-state index is 0.753. The number of thiocarbonyl (C=S) groups is 1. The molecule has 0 aromatic heterocycles. The van der Waals surface area contributed by atoms with E-state index in [4.69, 9.17) is 0 Å². The van der Waals surface area contributed by atoms with Crippen molar-refractivity contribution in [2.45, 2.75) is 44.9 Å². The van der Waals surface area contributed by atoms with Crippen LogP contribution in [0.4, 0.5) is 5.69 Å². The Balaban J connectivity index is 2.01. The second-order valence-corrected chi connectivity index (χ2v) is 5.10. The number of benzene rings is 1. The summed E-state index contributed by atoms with van der Waals surface area (Å²) in [7, 11) is 0. The fourth-order valence-corrected chi connectivity index (χ4v) is 2.88. The third-order valence-corrected chi connectivity index (χ3v) is 4.05. The first-order chi connectivity index (χ1) is 8.33. The lowest BCUT2D eigenvalue weighted by Crippen LogP contribution is -2.12. The molecule has 1 fully saturated rings. The van der Waals surface area contributed by atoms with Gasteiger partial charge >= 0.3 is 0 Å². The SMILES string of the molecule is CC[C@H]1CC[C@H](c2ccc(N=C=S)cc2)CC1. The van der Waals surface area contributed by atoms with E-state index in [-0.39, 0.29) is 0 Å². The summed E-state index contributed by atoms with van der Waals surface area (Å²) in [5, 5.41) is 2.40. The molecule has 0 radical (unpaired) electrons. The Kier molecular flexibility index (Phi) is 4.47. The second kappa shape index (κ2) is 6.09. The molecule has 0 bridgehead atoms. The molecule has 1 nitrogen and oxygen atoms in total. The van der Waals surface area contributed by atoms with Crippen LogP contribution in [0.5, 0.6) is 0 Å². The Morgan fingerprint density at radius 1 is 1.18 bits per heavy atom. The minimum absolute atomic E-state index is 0.753. The molecule has 17 heavy (non-hydrogen) atoms. The van der Waals surface area contributed by atoms with E-state index in [1.165, 1.54) is 37.7 Å². The molecule has 1 aromatic carbocycles. The van der Waals surface area contributed by atoms with E-state index in [2.05, 4.69) is 41.4 Å². The molecule has 0 amide bonds. The zero-order valence-electron chi connectivity index (χ0n) is 10.4. The van der Waals surface area contributed by atoms with Gasteiger partial charge in [-0.2, -0.15) is 4.99 Å². The predicted molar refractivity (Wildman–Crippen MR) is 76.1 cm³/mol. The van der Waals surface area contributed by atoms with Gasteiger partial charge < -0.3 is 0 Å². The Labute approximate surface area is 109 Å². The highest BCUT2D eigenvalue weighted by Crippen LogP contribution is 2.37. The van der Waals surface area contributed by atoms with Gasteiger partial charge in [-0.1, -0.05) is 25.5 Å². The molecule has 90 valence electrons. The van der Waals surface area contributed by atoms with Crippen LogP contribution in [0.15, 0.2) is 29.3 Å². The van der Waals surface area contributed by atoms with Gasteiger partial charge in [0.15, 0.2) is 0 Å². The normalized spacial score (nSPS) is 24.1. The van der Waals surface area contributed by atoms with Crippen molar-refractivity contribution in [2.75, 3.05) is 0 Å². The molecule has 0 atom stereocenters. The van der Waals surface area contributed by atoms with Crippen LogP contribution in [0.25, 0.3) is 0 Å². The molecule has 1 aromatic rings. The summed E-state index contributed by atoms with van der Waals surface area (Å²) in [6.07, 6.45) is 6.81. The van der Waals surface area contributed by atoms with Crippen LogP contribution < -0.4 is 0 Å². The standard InChI is InChI=1S/C15H19NS/c1-2-12-3-5-13(6-4-12)14-7-9-15(10-8-14)16-11-17/h7-10,12-13H,2-6H2,1H3/t12-,13-. The summed E-state index contributed by atoms with van der Waals surface area (Å²) in [4.78, 5) is 3.98. The van der Waals surface area contributed by atoms with Crippen LogP contribution in [-0.2, 0) is 0 Å². The van der Waals surface area contributed by atoms with Crippen molar-refractivity contribution in [3.63, 3.8) is 0 Å². The van der Waals surface area contributed by atoms with E-state index in [9.17, 15) is 0 Å². The molecule has 0 spiro atoms. The van der Waals surface area contributed by atoms with E-state index < -0.39 is 0 Å². The Bertz CT molecular complexity index is 395. The summed E-state index contributed by atoms with van der Waals surface area (Å²) in [6, 6.07) is 8.48. The van der Waals surface area contributed by atoms with Crippen molar-refractivity contribution in [3.8, 4) is 0 Å². The highest BCUT2D eigenvalue weighted by molar-refractivity contribution is 7.78. The van der Waals surface area contributed by atoms with Gasteiger partial charge in [0, 0.05) is 0 Å². The van der Waals surface area contributed by atoms with E-state index in [0.29, 0.717) is 0 Å². The van der Waals surface area contributed by atoms with Crippen LogP contribution in [0.3, 0.4) is 0 Å². The fourth-order valence-electron chi connectivity index (χ4n) is 2.78. The molecule has 1 saturated carbocycles. The summed E-state index contributed by atoms with van der Waals surface area (Å²) in [5.41, 5.74) is 2.37. The topological polar surface area (TPSA) is 12.4 Å². The number of nitrogens with zero attached hydrogens (tertiary/aromatic N) is 1. The lowest BCUT2D eigenvalue weighted by molar-refractivity contribution is 0.319. The van der Waals surface area contributed by atoms with Crippen molar-refractivity contribution in [1.29, 1.82) is 0 Å². The predicted octanol–water partition coefficient (Wildman–Crippen LogP) is 5.10. The van der Waals surface area contributed by atoms with E-state index in [0.717, 1.165) is 17.5 Å². The van der Waals surface area contributed by atoms with Gasteiger partial charge in [0.05, 0.1) is 10.8 Å². The lowest BCUT2D eigenvalue weighted by Gasteiger charge is -2.28. The van der Waals surface area contributed by atoms with Crippen LogP contribution in [-0.4, -0.2) is 5.16 Å². The molecule has 1 aliphatic carbocycles. The molecule has 1 aliphatic rings. The maximum absolute atomic E-state index is 4.60. The Morgan fingerprint density at radius 3 is 2.35 bits per heavy atom. The zero-order valence-corrected chi connectivity index (χ0v) is 11.2. The first kappa shape index (κ1) is 12.5. The molecular formula is C15H19NS. The van der Waals surface area contributed by atoms with Crippen molar-refractivity contribution in [3.05, 3.63) is 29.8 Å². The maximum atomic E-state index is 4.60. The minimum Gasteiger partial charge on any atom is -0.195 e. The van der Waals surface area contributed by atoms with Gasteiger partial charge in [0.25, 0.3) is 0 Å². The summed E-state index contributed by atoms with van der Waals surface area (Å²) in [5.74, 6) is 1.72. The Morgan fingerprint density at radius 2 is 1.82 bits per heavy atom. The van der Waals surface area contributed by atoms with Crippen LogP contribution in [0, 0.1) is 5.92 Å². The molecule has 2 heteroatoms. The summed E-state index contributed by atoms with van der Waals surface area (Å²) in [6.45, 7) is 2.31. The Hall–Kier alpha value is -0.980. The average Bonchev–Trinajstić information content (AvgIpc) is 2.40. The van der Waals surface area contributed by atoms with Crippen molar-refractivity contribution < 1.29 is 0 Å². The van der Waals surface area contributed by atoms with Gasteiger partial charge in [-0.3, -0.25) is 0 Å². The fraction of sp³-hybridized carbons (Fsp3) is 0.533. The van der Waals surface area contributed by atoms with E-state index >= 15 is 0 Å². The molecule has 0 saturated heterocycles. The third-order valence-electron chi connectivity index (χ3n) is 3.96. The summed E-state index contributed by atoms with van der Waals surface area (Å²) >= 11 is 4.60. The molecule has 0 unspecified atom stereocenters. The average molecular weight is 245 g/mol. The van der Waals surface area contributed by atoms with E-state index in [1.807, 2.05) is 12.1 Å². The van der Waals surface area contributed by atoms with Gasteiger partial charge in [0.2, 0.25) is 0 Å². The number of aliphatic imine (C=N–C) groups is 1. The van der Waals surface area contributed by atoms with Crippen LogP contribution in [0.1, 0.15) is 50.5 Å². The van der Waals surface area contributed by atoms with Crippen LogP contribution in [0.2, 0.25) is 0 Å². The third kappa shape index (κ3) is 3.24. The van der Waals surface area contributed by atoms with Crippen LogP contribution >= 0.6 is 12.2 Å². The highest BCUT2D eigenvalue weighted by atomic mass is 32.1. The largest absolute Gasteiger partial charge is 0.195 e. The maximum Gasteiger partial charge on any atom is 0.0739 e. The smallest absolute Gasteiger partial charge is 0.0739 e. The van der Waals surface area contributed by atoms with Crippen molar-refractivity contribution in [1.82, 2.24) is 0 Å². The number of hydrogen-bond donors (Lipinski definition) is 0. The van der Waals surface area contributed by atoms with Gasteiger partial charge in [0.1, 0.15) is 0 Å².